The van der Waals surface area contributed by atoms with Gasteiger partial charge in [-0.1, -0.05) is 40.2 Å². The topological polar surface area (TPSA) is 89.3 Å². The Labute approximate surface area is 278 Å². The van der Waals surface area contributed by atoms with Gasteiger partial charge in [-0.25, -0.2) is 9.59 Å². The van der Waals surface area contributed by atoms with Crippen LogP contribution in [0.2, 0.25) is 0 Å². The van der Waals surface area contributed by atoms with Crippen molar-refractivity contribution in [2.24, 2.45) is 0 Å². The lowest BCUT2D eigenvalue weighted by atomic mass is 10.0. The van der Waals surface area contributed by atoms with Gasteiger partial charge in [-0.05, 0) is 89.8 Å². The van der Waals surface area contributed by atoms with Crippen molar-refractivity contribution in [3.8, 4) is 6.07 Å². The van der Waals surface area contributed by atoms with Crippen LogP contribution in [0.15, 0.2) is 40.9 Å². The first-order valence-corrected chi connectivity index (χ1v) is 16.5. The molecule has 0 bridgehead atoms. The maximum atomic E-state index is 12.1. The smallest absolute Gasteiger partial charge is 0.410 e. The molecule has 0 atom stereocenters. The second kappa shape index (κ2) is 15.9. The lowest BCUT2D eigenvalue weighted by Gasteiger charge is -2.35. The molecule has 0 saturated carbocycles. The third kappa shape index (κ3) is 12.3. The molecule has 2 amide bonds. The molecule has 2 saturated heterocycles. The van der Waals surface area contributed by atoms with E-state index in [1.165, 1.54) is 11.1 Å². The summed E-state index contributed by atoms with van der Waals surface area (Å²) in [6.07, 6.45) is -0.450. The summed E-state index contributed by atoms with van der Waals surface area (Å²) < 4.78 is 12.0. The van der Waals surface area contributed by atoms with Crippen molar-refractivity contribution in [1.82, 2.24) is 19.6 Å². The fourth-order valence-corrected chi connectivity index (χ4v) is 5.64. The summed E-state index contributed by atoms with van der Waals surface area (Å²) in [6, 6.07) is 14.7. The molecular formula is C35H50BrN5O4. The van der Waals surface area contributed by atoms with Crippen LogP contribution in [-0.2, 0) is 22.6 Å². The van der Waals surface area contributed by atoms with E-state index in [0.717, 1.165) is 73.5 Å². The van der Waals surface area contributed by atoms with Gasteiger partial charge in [0.1, 0.15) is 11.2 Å². The van der Waals surface area contributed by atoms with E-state index in [4.69, 9.17) is 9.47 Å². The number of amides is 2. The van der Waals surface area contributed by atoms with Crippen LogP contribution in [0, 0.1) is 25.2 Å². The van der Waals surface area contributed by atoms with Gasteiger partial charge in [-0.15, -0.1) is 0 Å². The first kappa shape index (κ1) is 36.3. The fraction of sp³-hybridized carbons (Fsp3) is 0.571. The number of piperazine rings is 2. The van der Waals surface area contributed by atoms with Crippen LogP contribution in [0.4, 0.5) is 9.59 Å². The van der Waals surface area contributed by atoms with Crippen LogP contribution in [0.3, 0.4) is 0 Å². The molecule has 0 spiro atoms. The van der Waals surface area contributed by atoms with E-state index in [1.807, 2.05) is 66.7 Å². The molecule has 0 aliphatic carbocycles. The minimum absolute atomic E-state index is 0.205. The zero-order valence-corrected chi connectivity index (χ0v) is 29.9. The number of hydrogen-bond donors (Lipinski definition) is 0. The average Bonchev–Trinajstić information content (AvgIpc) is 2.95. The van der Waals surface area contributed by atoms with E-state index in [-0.39, 0.29) is 12.2 Å². The Hall–Kier alpha value is -3.13. The highest BCUT2D eigenvalue weighted by molar-refractivity contribution is 9.10. The molecule has 2 fully saturated rings. The van der Waals surface area contributed by atoms with Gasteiger partial charge in [0.05, 0.1) is 11.6 Å². The van der Waals surface area contributed by atoms with Gasteiger partial charge in [-0.3, -0.25) is 9.80 Å². The van der Waals surface area contributed by atoms with Gasteiger partial charge in [-0.2, -0.15) is 5.26 Å². The maximum absolute atomic E-state index is 12.1. The molecule has 0 N–H and O–H groups in total. The van der Waals surface area contributed by atoms with Crippen molar-refractivity contribution >= 4 is 28.1 Å². The Kier molecular flexibility index (Phi) is 12.9. The maximum Gasteiger partial charge on any atom is 0.410 e. The predicted molar refractivity (Wildman–Crippen MR) is 181 cm³/mol. The number of rotatable bonds is 4. The van der Waals surface area contributed by atoms with Crippen LogP contribution in [0.5, 0.6) is 0 Å². The Balaban J connectivity index is 0.000000246. The SMILES string of the molecule is Cc1ccc(CN2CCN(C(=O)OC(C)(C)C)CC2)c(Br)c1.Cc1ccc(CN2CCN(C(=O)OC(C)(C)C)CC2)c(C#N)c1. The minimum Gasteiger partial charge on any atom is -0.444 e. The summed E-state index contributed by atoms with van der Waals surface area (Å²) in [5.74, 6) is 0. The Morgan fingerprint density at radius 3 is 1.51 bits per heavy atom. The number of carbonyl (C=O) groups excluding carboxylic acids is 2. The van der Waals surface area contributed by atoms with E-state index in [2.05, 4.69) is 56.9 Å². The predicted octanol–water partition coefficient (Wildman–Crippen LogP) is 6.73. The van der Waals surface area contributed by atoms with Crippen molar-refractivity contribution in [3.63, 3.8) is 0 Å². The summed E-state index contributed by atoms with van der Waals surface area (Å²) in [4.78, 5) is 32.3. The van der Waals surface area contributed by atoms with Gasteiger partial charge < -0.3 is 19.3 Å². The molecule has 2 aliphatic rings. The number of nitrogens with zero attached hydrogens (tertiary/aromatic N) is 5. The summed E-state index contributed by atoms with van der Waals surface area (Å²) in [6.45, 7) is 23.1. The molecule has 0 unspecified atom stereocenters. The molecule has 45 heavy (non-hydrogen) atoms. The molecule has 2 aromatic carbocycles. The first-order valence-electron chi connectivity index (χ1n) is 15.7. The van der Waals surface area contributed by atoms with Crippen LogP contribution >= 0.6 is 15.9 Å². The lowest BCUT2D eigenvalue weighted by molar-refractivity contribution is 0.0129. The highest BCUT2D eigenvalue weighted by Gasteiger charge is 2.27. The number of benzene rings is 2. The average molecular weight is 685 g/mol. The number of ether oxygens (including phenoxy) is 2. The van der Waals surface area contributed by atoms with Crippen LogP contribution in [0.1, 0.15) is 69.4 Å². The van der Waals surface area contributed by atoms with Gasteiger partial charge in [0.15, 0.2) is 0 Å². The van der Waals surface area contributed by atoms with Crippen LogP contribution in [-0.4, -0.2) is 95.3 Å². The van der Waals surface area contributed by atoms with Crippen molar-refractivity contribution < 1.29 is 19.1 Å². The first-order chi connectivity index (χ1) is 21.0. The molecule has 4 rings (SSSR count). The van der Waals surface area contributed by atoms with Gasteiger partial charge in [0.2, 0.25) is 0 Å². The normalized spacial score (nSPS) is 16.4. The van der Waals surface area contributed by atoms with Crippen LogP contribution in [0.25, 0.3) is 0 Å². The van der Waals surface area contributed by atoms with E-state index < -0.39 is 11.2 Å². The zero-order chi connectivity index (χ0) is 33.4. The number of carbonyl (C=O) groups is 2. The monoisotopic (exact) mass is 683 g/mol. The fourth-order valence-electron chi connectivity index (χ4n) is 5.02. The largest absolute Gasteiger partial charge is 0.444 e. The number of aryl methyl sites for hydroxylation is 2. The molecule has 2 aromatic rings. The number of nitriles is 1. The third-order valence-electron chi connectivity index (χ3n) is 7.43. The minimum atomic E-state index is -0.461. The van der Waals surface area contributed by atoms with Crippen molar-refractivity contribution in [3.05, 3.63) is 68.7 Å². The third-order valence-corrected chi connectivity index (χ3v) is 8.17. The molecule has 0 aromatic heterocycles. The number of halogens is 1. The van der Waals surface area contributed by atoms with Gasteiger partial charge in [0.25, 0.3) is 0 Å². The molecule has 0 radical (unpaired) electrons. The van der Waals surface area contributed by atoms with Crippen molar-refractivity contribution in [2.45, 2.75) is 79.7 Å². The highest BCUT2D eigenvalue weighted by Crippen LogP contribution is 2.21. The Bertz CT molecular complexity index is 1350. The van der Waals surface area contributed by atoms with E-state index >= 15 is 0 Å². The lowest BCUT2D eigenvalue weighted by Crippen LogP contribution is -2.49. The molecule has 10 heteroatoms. The van der Waals surface area contributed by atoms with E-state index in [0.29, 0.717) is 13.1 Å². The quantitative estimate of drug-likeness (QED) is 0.353. The second-order valence-corrected chi connectivity index (χ2v) is 14.7. The molecule has 246 valence electrons. The summed E-state index contributed by atoms with van der Waals surface area (Å²) in [7, 11) is 0. The molecule has 2 heterocycles. The molecule has 9 nitrogen and oxygen atoms in total. The Morgan fingerprint density at radius 1 is 0.711 bits per heavy atom. The number of hydrogen-bond acceptors (Lipinski definition) is 7. The zero-order valence-electron chi connectivity index (χ0n) is 28.3. The molecule has 2 aliphatic heterocycles. The second-order valence-electron chi connectivity index (χ2n) is 13.9. The van der Waals surface area contributed by atoms with Crippen molar-refractivity contribution in [1.29, 1.82) is 5.26 Å². The summed E-state index contributed by atoms with van der Waals surface area (Å²) in [5.41, 5.74) is 4.53. The Morgan fingerprint density at radius 2 is 1.11 bits per heavy atom. The summed E-state index contributed by atoms with van der Waals surface area (Å²) in [5, 5.41) is 9.26. The standard InChI is InChI=1S/C18H25N3O2.C17H25BrN2O2/c1-14-5-6-15(16(11-14)12-19)13-20-7-9-21(10-8-20)17(22)23-18(2,3)4;1-13-5-6-14(15(18)11-13)12-19-7-9-20(10-8-19)16(21)22-17(2,3)4/h5-6,11H,7-10,13H2,1-4H3;5-6,11H,7-10,12H2,1-4H3. The summed E-state index contributed by atoms with van der Waals surface area (Å²) >= 11 is 3.63. The highest BCUT2D eigenvalue weighted by atomic mass is 79.9. The van der Waals surface area contributed by atoms with Gasteiger partial charge in [0, 0.05) is 69.9 Å². The van der Waals surface area contributed by atoms with Crippen molar-refractivity contribution in [2.75, 3.05) is 52.4 Å². The van der Waals surface area contributed by atoms with E-state index in [9.17, 15) is 14.9 Å². The molecular weight excluding hydrogens is 634 g/mol. The van der Waals surface area contributed by atoms with Crippen LogP contribution < -0.4 is 0 Å². The van der Waals surface area contributed by atoms with E-state index in [1.54, 1.807) is 9.80 Å². The van der Waals surface area contributed by atoms with Gasteiger partial charge >= 0.3 is 12.2 Å².